The highest BCUT2D eigenvalue weighted by atomic mass is 35.5. The number of rotatable bonds is 3. The van der Waals surface area contributed by atoms with Crippen molar-refractivity contribution < 1.29 is 4.79 Å². The Labute approximate surface area is 150 Å². The normalized spacial score (nSPS) is 21.0. The van der Waals surface area contributed by atoms with Crippen LogP contribution in [-0.4, -0.2) is 47.8 Å². The molecule has 0 aromatic heterocycles. The van der Waals surface area contributed by atoms with E-state index in [0.29, 0.717) is 5.41 Å². The number of hydrogen-bond acceptors (Lipinski definition) is 2. The topological polar surface area (TPSA) is 23.6 Å². The first-order valence-corrected chi connectivity index (χ1v) is 8.84. The summed E-state index contributed by atoms with van der Waals surface area (Å²) in [5.41, 5.74) is 1.87. The Morgan fingerprint density at radius 1 is 1.00 bits per heavy atom. The minimum atomic E-state index is 0. The Balaban J connectivity index is 0.00000192. The molecule has 2 heterocycles. The summed E-state index contributed by atoms with van der Waals surface area (Å²) in [6, 6.07) is 10.7. The average molecular weight is 357 g/mol. The molecule has 0 atom stereocenters. The van der Waals surface area contributed by atoms with Gasteiger partial charge in [-0.25, -0.2) is 0 Å². The lowest BCUT2D eigenvalue weighted by atomic mass is 9.71. The standard InChI is InChI=1S/C18H25ClN2O.ClH/c19-14-17(22)21-12-8-18(9-13-21)6-10-20(11-7-18)15-16-4-2-1-3-5-16;/h1-5H,6-15H2;1H. The van der Waals surface area contributed by atoms with Crippen molar-refractivity contribution in [2.24, 2.45) is 5.41 Å². The first-order valence-electron chi connectivity index (χ1n) is 8.31. The number of nitrogens with zero attached hydrogens (tertiary/aromatic N) is 2. The number of hydrogen-bond donors (Lipinski definition) is 0. The van der Waals surface area contributed by atoms with Crippen LogP contribution in [0.25, 0.3) is 0 Å². The second-order valence-electron chi connectivity index (χ2n) is 6.78. The van der Waals surface area contributed by atoms with E-state index < -0.39 is 0 Å². The molecular formula is C18H26Cl2N2O. The van der Waals surface area contributed by atoms with Crippen LogP contribution in [0.5, 0.6) is 0 Å². The van der Waals surface area contributed by atoms with Crippen molar-refractivity contribution in [3.8, 4) is 0 Å². The van der Waals surface area contributed by atoms with Crippen molar-refractivity contribution in [3.63, 3.8) is 0 Å². The van der Waals surface area contributed by atoms with Gasteiger partial charge in [0.2, 0.25) is 5.91 Å². The molecular weight excluding hydrogens is 331 g/mol. The van der Waals surface area contributed by atoms with Gasteiger partial charge < -0.3 is 4.90 Å². The highest BCUT2D eigenvalue weighted by Gasteiger charge is 2.38. The van der Waals surface area contributed by atoms with Gasteiger partial charge >= 0.3 is 0 Å². The monoisotopic (exact) mass is 356 g/mol. The Morgan fingerprint density at radius 3 is 2.13 bits per heavy atom. The van der Waals surface area contributed by atoms with E-state index in [1.54, 1.807) is 0 Å². The molecule has 23 heavy (non-hydrogen) atoms. The van der Waals surface area contributed by atoms with Crippen LogP contribution >= 0.6 is 24.0 Å². The molecule has 0 N–H and O–H groups in total. The molecule has 0 aliphatic carbocycles. The van der Waals surface area contributed by atoms with Crippen molar-refractivity contribution in [3.05, 3.63) is 35.9 Å². The van der Waals surface area contributed by atoms with Crippen molar-refractivity contribution in [2.45, 2.75) is 32.2 Å². The first kappa shape index (κ1) is 18.6. The number of alkyl halides is 1. The Bertz CT molecular complexity index is 491. The molecule has 2 aliphatic heterocycles. The van der Waals surface area contributed by atoms with E-state index in [-0.39, 0.29) is 24.2 Å². The zero-order valence-electron chi connectivity index (χ0n) is 13.5. The van der Waals surface area contributed by atoms with Crippen LogP contribution in [0.1, 0.15) is 31.2 Å². The van der Waals surface area contributed by atoms with Crippen molar-refractivity contribution in [1.29, 1.82) is 0 Å². The van der Waals surface area contributed by atoms with Gasteiger partial charge in [-0.3, -0.25) is 9.69 Å². The van der Waals surface area contributed by atoms with E-state index in [2.05, 4.69) is 35.2 Å². The number of halogens is 2. The maximum atomic E-state index is 11.7. The van der Waals surface area contributed by atoms with Gasteiger partial charge in [-0.05, 0) is 49.8 Å². The molecule has 2 fully saturated rings. The van der Waals surface area contributed by atoms with Gasteiger partial charge in [0, 0.05) is 19.6 Å². The Morgan fingerprint density at radius 2 is 1.57 bits per heavy atom. The summed E-state index contributed by atoms with van der Waals surface area (Å²) in [6.07, 6.45) is 4.83. The minimum absolute atomic E-state index is 0. The largest absolute Gasteiger partial charge is 0.342 e. The molecule has 128 valence electrons. The van der Waals surface area contributed by atoms with E-state index in [9.17, 15) is 4.79 Å². The van der Waals surface area contributed by atoms with Crippen LogP contribution < -0.4 is 0 Å². The summed E-state index contributed by atoms with van der Waals surface area (Å²) in [5, 5.41) is 0. The molecule has 0 radical (unpaired) electrons. The van der Waals surface area contributed by atoms with Gasteiger partial charge in [0.1, 0.15) is 5.88 Å². The van der Waals surface area contributed by atoms with Crippen LogP contribution in [0.15, 0.2) is 30.3 Å². The van der Waals surface area contributed by atoms with Gasteiger partial charge in [0.05, 0.1) is 0 Å². The molecule has 1 spiro atoms. The fourth-order valence-corrected chi connectivity index (χ4v) is 4.01. The van der Waals surface area contributed by atoms with Crippen molar-refractivity contribution in [2.75, 3.05) is 32.1 Å². The second-order valence-corrected chi connectivity index (χ2v) is 7.04. The molecule has 1 aromatic carbocycles. The van der Waals surface area contributed by atoms with E-state index in [1.165, 1.54) is 31.5 Å². The predicted molar refractivity (Wildman–Crippen MR) is 97.2 cm³/mol. The minimum Gasteiger partial charge on any atom is -0.342 e. The number of amides is 1. The van der Waals surface area contributed by atoms with Crippen LogP contribution in [0.2, 0.25) is 0 Å². The fraction of sp³-hybridized carbons (Fsp3) is 0.611. The maximum Gasteiger partial charge on any atom is 0.237 e. The van der Waals surface area contributed by atoms with Gasteiger partial charge in [-0.2, -0.15) is 0 Å². The first-order chi connectivity index (χ1) is 10.7. The maximum absolute atomic E-state index is 11.7. The fourth-order valence-electron chi connectivity index (χ4n) is 3.84. The highest BCUT2D eigenvalue weighted by molar-refractivity contribution is 6.27. The van der Waals surface area contributed by atoms with E-state index in [0.717, 1.165) is 32.5 Å². The SMILES string of the molecule is Cl.O=C(CCl)N1CCC2(CCN(Cc3ccccc3)CC2)CC1. The van der Waals surface area contributed by atoms with Crippen LogP contribution in [0.3, 0.4) is 0 Å². The third kappa shape index (κ3) is 4.62. The molecule has 0 bridgehead atoms. The summed E-state index contributed by atoms with van der Waals surface area (Å²) in [4.78, 5) is 16.2. The van der Waals surface area contributed by atoms with Crippen LogP contribution in [-0.2, 0) is 11.3 Å². The van der Waals surface area contributed by atoms with E-state index >= 15 is 0 Å². The van der Waals surface area contributed by atoms with Crippen molar-refractivity contribution in [1.82, 2.24) is 9.80 Å². The van der Waals surface area contributed by atoms with Gasteiger partial charge in [0.25, 0.3) is 0 Å². The summed E-state index contributed by atoms with van der Waals surface area (Å²) < 4.78 is 0. The van der Waals surface area contributed by atoms with Gasteiger partial charge in [-0.1, -0.05) is 30.3 Å². The van der Waals surface area contributed by atoms with E-state index in [1.807, 2.05) is 4.90 Å². The Hall–Kier alpha value is -0.770. The average Bonchev–Trinajstić information content (AvgIpc) is 2.58. The number of carbonyl (C=O) groups excluding carboxylic acids is 1. The summed E-state index contributed by atoms with van der Waals surface area (Å²) in [7, 11) is 0. The van der Waals surface area contributed by atoms with Crippen LogP contribution in [0.4, 0.5) is 0 Å². The molecule has 1 amide bonds. The highest BCUT2D eigenvalue weighted by Crippen LogP contribution is 2.41. The lowest BCUT2D eigenvalue weighted by Crippen LogP contribution is -2.48. The summed E-state index contributed by atoms with van der Waals surface area (Å²) in [5.74, 6) is 0.218. The molecule has 5 heteroatoms. The molecule has 1 aromatic rings. The van der Waals surface area contributed by atoms with Crippen LogP contribution in [0, 0.1) is 5.41 Å². The van der Waals surface area contributed by atoms with Gasteiger partial charge in [0.15, 0.2) is 0 Å². The van der Waals surface area contributed by atoms with Gasteiger partial charge in [-0.15, -0.1) is 24.0 Å². The lowest BCUT2D eigenvalue weighted by Gasteiger charge is -2.46. The lowest BCUT2D eigenvalue weighted by molar-refractivity contribution is -0.131. The predicted octanol–water partition coefficient (Wildman–Crippen LogP) is 3.55. The number of piperidine rings is 2. The third-order valence-corrected chi connectivity index (χ3v) is 5.69. The smallest absolute Gasteiger partial charge is 0.237 e. The number of carbonyl (C=O) groups is 1. The quantitative estimate of drug-likeness (QED) is 0.773. The molecule has 3 rings (SSSR count). The number of likely N-dealkylation sites (tertiary alicyclic amines) is 2. The third-order valence-electron chi connectivity index (χ3n) is 5.46. The second kappa shape index (κ2) is 8.36. The molecule has 3 nitrogen and oxygen atoms in total. The molecule has 2 saturated heterocycles. The molecule has 0 unspecified atom stereocenters. The molecule has 0 saturated carbocycles. The number of benzene rings is 1. The zero-order valence-corrected chi connectivity index (χ0v) is 15.1. The van der Waals surface area contributed by atoms with E-state index in [4.69, 9.17) is 11.6 Å². The zero-order chi connectivity index (χ0) is 15.4. The Kier molecular flexibility index (Phi) is 6.75. The summed E-state index contributed by atoms with van der Waals surface area (Å²) >= 11 is 5.66. The summed E-state index contributed by atoms with van der Waals surface area (Å²) in [6.45, 7) is 5.21. The molecule has 2 aliphatic rings. The van der Waals surface area contributed by atoms with Crippen molar-refractivity contribution >= 4 is 29.9 Å².